The quantitative estimate of drug-likeness (QED) is 0.382. The Morgan fingerprint density at radius 2 is 1.72 bits per heavy atom. The van der Waals surface area contributed by atoms with E-state index in [1.54, 1.807) is 19.1 Å². The lowest BCUT2D eigenvalue weighted by Gasteiger charge is -2.07. The Balaban J connectivity index is 1.47. The molecule has 6 nitrogen and oxygen atoms in total. The van der Waals surface area contributed by atoms with Crippen LogP contribution in [0.3, 0.4) is 0 Å². The van der Waals surface area contributed by atoms with Crippen molar-refractivity contribution < 1.29 is 14.3 Å². The third kappa shape index (κ3) is 3.87. The smallest absolute Gasteiger partial charge is 0.296 e. The van der Waals surface area contributed by atoms with Crippen LogP contribution in [-0.4, -0.2) is 21.7 Å². The van der Waals surface area contributed by atoms with E-state index in [2.05, 4.69) is 15.3 Å². The zero-order chi connectivity index (χ0) is 20.4. The number of pyridine rings is 1. The van der Waals surface area contributed by atoms with E-state index < -0.39 is 11.7 Å². The summed E-state index contributed by atoms with van der Waals surface area (Å²) in [5, 5.41) is 3.33. The molecule has 0 saturated carbocycles. The number of amides is 1. The minimum atomic E-state index is -0.716. The van der Waals surface area contributed by atoms with Gasteiger partial charge < -0.3 is 15.0 Å². The molecule has 1 amide bonds. The summed E-state index contributed by atoms with van der Waals surface area (Å²) in [5.74, 6) is -0.248. The summed E-state index contributed by atoms with van der Waals surface area (Å²) in [5.41, 5.74) is 3.41. The SMILES string of the molecule is Cc1ccc(Oc2ccc(NC(=O)C(=O)c3c(C)[nH]c4ccccc34)cn2)cc1. The number of ether oxygens (including phenoxy) is 1. The molecule has 2 aromatic carbocycles. The molecule has 2 aromatic heterocycles. The van der Waals surface area contributed by atoms with Crippen LogP contribution < -0.4 is 10.1 Å². The number of rotatable bonds is 5. The van der Waals surface area contributed by atoms with Crippen molar-refractivity contribution in [1.29, 1.82) is 0 Å². The number of nitrogens with zero attached hydrogens (tertiary/aromatic N) is 1. The molecule has 0 aliphatic carbocycles. The number of hydrogen-bond acceptors (Lipinski definition) is 4. The number of carbonyl (C=O) groups is 2. The van der Waals surface area contributed by atoms with Crippen molar-refractivity contribution >= 4 is 28.3 Å². The Kier molecular flexibility index (Phi) is 4.83. The Bertz CT molecular complexity index is 1190. The highest BCUT2D eigenvalue weighted by atomic mass is 16.5. The van der Waals surface area contributed by atoms with Gasteiger partial charge in [0.1, 0.15) is 5.75 Å². The summed E-state index contributed by atoms with van der Waals surface area (Å²) >= 11 is 0. The van der Waals surface area contributed by atoms with Gasteiger partial charge in [0.2, 0.25) is 5.88 Å². The number of hydrogen-bond donors (Lipinski definition) is 2. The Labute approximate surface area is 167 Å². The lowest BCUT2D eigenvalue weighted by atomic mass is 10.1. The van der Waals surface area contributed by atoms with E-state index in [-0.39, 0.29) is 0 Å². The highest BCUT2D eigenvalue weighted by molar-refractivity contribution is 6.48. The summed E-state index contributed by atoms with van der Waals surface area (Å²) < 4.78 is 5.67. The normalized spacial score (nSPS) is 10.7. The van der Waals surface area contributed by atoms with Crippen molar-refractivity contribution in [1.82, 2.24) is 9.97 Å². The number of H-pyrrole nitrogens is 1. The number of aromatic amines is 1. The first-order chi connectivity index (χ1) is 14.0. The Morgan fingerprint density at radius 1 is 0.966 bits per heavy atom. The maximum atomic E-state index is 12.7. The highest BCUT2D eigenvalue weighted by Crippen LogP contribution is 2.24. The second kappa shape index (κ2) is 7.59. The first-order valence-electron chi connectivity index (χ1n) is 9.15. The van der Waals surface area contributed by atoms with Crippen LogP contribution in [0.25, 0.3) is 10.9 Å². The van der Waals surface area contributed by atoms with Gasteiger partial charge in [-0.15, -0.1) is 0 Å². The molecule has 0 spiro atoms. The molecule has 0 bridgehead atoms. The second-order valence-electron chi connectivity index (χ2n) is 6.75. The van der Waals surface area contributed by atoms with Crippen molar-refractivity contribution in [3.63, 3.8) is 0 Å². The van der Waals surface area contributed by atoms with Gasteiger partial charge in [-0.25, -0.2) is 4.98 Å². The van der Waals surface area contributed by atoms with Gasteiger partial charge >= 0.3 is 0 Å². The molecular weight excluding hydrogens is 366 g/mol. The van der Waals surface area contributed by atoms with Crippen LogP contribution in [0.1, 0.15) is 21.6 Å². The van der Waals surface area contributed by atoms with Gasteiger partial charge in [-0.2, -0.15) is 0 Å². The van der Waals surface area contributed by atoms with Crippen molar-refractivity contribution in [2.75, 3.05) is 5.32 Å². The molecule has 0 fully saturated rings. The molecule has 0 saturated heterocycles. The van der Waals surface area contributed by atoms with Crippen molar-refractivity contribution in [2.24, 2.45) is 0 Å². The number of fused-ring (bicyclic) bond motifs is 1. The number of carbonyl (C=O) groups excluding carboxylic acids is 2. The molecule has 29 heavy (non-hydrogen) atoms. The second-order valence-corrected chi connectivity index (χ2v) is 6.75. The molecule has 6 heteroatoms. The van der Waals surface area contributed by atoms with Crippen LogP contribution in [0.2, 0.25) is 0 Å². The number of nitrogens with one attached hydrogen (secondary N) is 2. The van der Waals surface area contributed by atoms with E-state index in [1.165, 1.54) is 6.20 Å². The fraction of sp³-hybridized carbons (Fsp3) is 0.0870. The number of para-hydroxylation sites is 1. The van der Waals surface area contributed by atoms with E-state index in [0.29, 0.717) is 28.6 Å². The summed E-state index contributed by atoms with van der Waals surface area (Å²) in [7, 11) is 0. The molecule has 2 N–H and O–H groups in total. The van der Waals surface area contributed by atoms with Crippen molar-refractivity contribution in [3.05, 3.63) is 83.7 Å². The first kappa shape index (κ1) is 18.4. The van der Waals surface area contributed by atoms with E-state index in [1.807, 2.05) is 55.5 Å². The molecule has 0 radical (unpaired) electrons. The monoisotopic (exact) mass is 385 g/mol. The van der Waals surface area contributed by atoms with Crippen LogP contribution in [0.15, 0.2) is 66.9 Å². The fourth-order valence-electron chi connectivity index (χ4n) is 3.11. The van der Waals surface area contributed by atoms with Crippen LogP contribution >= 0.6 is 0 Å². The van der Waals surface area contributed by atoms with E-state index >= 15 is 0 Å². The predicted octanol–water partition coefficient (Wildman–Crippen LogP) is 4.79. The maximum Gasteiger partial charge on any atom is 0.296 e. The topological polar surface area (TPSA) is 84.1 Å². The van der Waals surface area contributed by atoms with Crippen LogP contribution in [0.4, 0.5) is 5.69 Å². The summed E-state index contributed by atoms with van der Waals surface area (Å²) in [6, 6.07) is 18.3. The molecular formula is C23H19N3O3. The van der Waals surface area contributed by atoms with Crippen molar-refractivity contribution in [2.45, 2.75) is 13.8 Å². The average Bonchev–Trinajstić information content (AvgIpc) is 3.06. The number of benzene rings is 2. The van der Waals surface area contributed by atoms with Gasteiger partial charge in [0.25, 0.3) is 11.7 Å². The third-order valence-corrected chi connectivity index (χ3v) is 4.56. The van der Waals surface area contributed by atoms with Gasteiger partial charge in [-0.05, 0) is 38.1 Å². The molecule has 0 aliphatic heterocycles. The lowest BCUT2D eigenvalue weighted by Crippen LogP contribution is -2.23. The zero-order valence-corrected chi connectivity index (χ0v) is 16.0. The van der Waals surface area contributed by atoms with Gasteiger partial charge in [0.05, 0.1) is 17.4 Å². The van der Waals surface area contributed by atoms with Crippen LogP contribution in [0, 0.1) is 13.8 Å². The van der Waals surface area contributed by atoms with Gasteiger partial charge in [0, 0.05) is 22.7 Å². The average molecular weight is 385 g/mol. The van der Waals surface area contributed by atoms with Crippen LogP contribution in [-0.2, 0) is 4.79 Å². The van der Waals surface area contributed by atoms with Gasteiger partial charge in [-0.3, -0.25) is 9.59 Å². The minimum absolute atomic E-state index is 0.380. The highest BCUT2D eigenvalue weighted by Gasteiger charge is 2.22. The van der Waals surface area contributed by atoms with Crippen molar-refractivity contribution in [3.8, 4) is 11.6 Å². The Morgan fingerprint density at radius 3 is 2.45 bits per heavy atom. The number of aryl methyl sites for hydroxylation is 2. The largest absolute Gasteiger partial charge is 0.439 e. The molecule has 0 atom stereocenters. The first-order valence-corrected chi connectivity index (χ1v) is 9.15. The predicted molar refractivity (Wildman–Crippen MR) is 111 cm³/mol. The molecule has 0 unspecified atom stereocenters. The fourth-order valence-corrected chi connectivity index (χ4v) is 3.11. The summed E-state index contributed by atoms with van der Waals surface area (Å²) in [6.45, 7) is 3.78. The minimum Gasteiger partial charge on any atom is -0.439 e. The van der Waals surface area contributed by atoms with Crippen LogP contribution in [0.5, 0.6) is 11.6 Å². The lowest BCUT2D eigenvalue weighted by molar-refractivity contribution is -0.112. The van der Waals surface area contributed by atoms with Gasteiger partial charge in [0.15, 0.2) is 0 Å². The zero-order valence-electron chi connectivity index (χ0n) is 16.0. The number of aromatic nitrogens is 2. The molecule has 2 heterocycles. The summed E-state index contributed by atoms with van der Waals surface area (Å²) in [6.07, 6.45) is 1.46. The number of ketones is 1. The maximum absolute atomic E-state index is 12.7. The van der Waals surface area contributed by atoms with Gasteiger partial charge in [-0.1, -0.05) is 35.9 Å². The number of Topliss-reactive ketones (excluding diaryl/α,β-unsaturated/α-hetero) is 1. The standard InChI is InChI=1S/C23H19N3O3/c1-14-7-10-17(11-8-14)29-20-12-9-16(13-24-20)26-23(28)22(27)21-15(2)25-19-6-4-3-5-18(19)21/h3-13,25H,1-2H3,(H,26,28). The Hall–Kier alpha value is -3.93. The van der Waals surface area contributed by atoms with E-state index in [0.717, 1.165) is 16.5 Å². The number of anilines is 1. The van der Waals surface area contributed by atoms with E-state index in [9.17, 15) is 9.59 Å². The molecule has 0 aliphatic rings. The molecule has 4 rings (SSSR count). The summed E-state index contributed by atoms with van der Waals surface area (Å²) in [4.78, 5) is 32.5. The molecule has 4 aromatic rings. The van der Waals surface area contributed by atoms with E-state index in [4.69, 9.17) is 4.74 Å². The molecule has 144 valence electrons. The third-order valence-electron chi connectivity index (χ3n) is 4.56.